The number of piperazine rings is 2. The van der Waals surface area contributed by atoms with E-state index in [4.69, 9.17) is 18.9 Å². The van der Waals surface area contributed by atoms with Gasteiger partial charge in [0, 0.05) is 52.4 Å². The van der Waals surface area contributed by atoms with Gasteiger partial charge in [0.05, 0.1) is 38.5 Å². The number of rotatable bonds is 17. The fraction of sp³-hybridized carbons (Fsp3) is 0.545. The maximum absolute atomic E-state index is 13.1. The summed E-state index contributed by atoms with van der Waals surface area (Å²) in [6, 6.07) is 10.9. The second-order valence-electron chi connectivity index (χ2n) is 17.2. The summed E-state index contributed by atoms with van der Waals surface area (Å²) in [5.74, 6) is -2.60. The lowest BCUT2D eigenvalue weighted by Crippen LogP contribution is -2.58. The van der Waals surface area contributed by atoms with Crippen molar-refractivity contribution in [3.05, 3.63) is 59.7 Å². The number of hydrogen-bond acceptors (Lipinski definition) is 12. The first kappa shape index (κ1) is 50.4. The zero-order chi connectivity index (χ0) is 47.2. The average molecular weight is 895 g/mol. The number of nitrogens with zero attached hydrogens (tertiary/aromatic N) is 4. The number of benzene rings is 2. The second-order valence-corrected chi connectivity index (χ2v) is 17.2. The Bertz CT molecular complexity index is 1840. The zero-order valence-electron chi connectivity index (χ0n) is 37.9. The highest BCUT2D eigenvalue weighted by Crippen LogP contribution is 2.35. The number of hydrogen-bond donors (Lipinski definition) is 4. The molecule has 20 nitrogen and oxygen atoms in total. The van der Waals surface area contributed by atoms with Crippen LogP contribution in [0.15, 0.2) is 48.5 Å². The molecule has 0 spiro atoms. The van der Waals surface area contributed by atoms with E-state index in [-0.39, 0.29) is 77.2 Å². The van der Waals surface area contributed by atoms with Crippen molar-refractivity contribution in [2.24, 2.45) is 10.8 Å². The topological polar surface area (TPSA) is 235 Å². The number of likely N-dealkylation sites (N-methyl/N-ethyl adjacent to an activating group) is 2. The van der Waals surface area contributed by atoms with E-state index < -0.39 is 70.8 Å². The highest BCUT2D eigenvalue weighted by Gasteiger charge is 2.39. The standard InChI is InChI=1S/C44H62N8O12/c1-9-49-21-23-51(37(55)35(49)53)39(57)47-33(43(3,4)5)29-11-15-31(16-12-29)63-41(59)45-19-25-61-27-28-62-26-20-46-42(60)64-32-17-13-30(14-18-32)34(44(6,7)8)48-40(58)52-24-22-50(10-2)36(54)38(52)56/h11-18,33-34H,9-10,19-28H2,1-8H3,(H,45,59)(H,46,60)(H,47,57)(H,48,58). The molecule has 0 radical (unpaired) electrons. The van der Waals surface area contributed by atoms with Crippen molar-refractivity contribution < 1.29 is 57.3 Å². The molecule has 2 saturated heterocycles. The van der Waals surface area contributed by atoms with Gasteiger partial charge in [-0.3, -0.25) is 29.0 Å². The lowest BCUT2D eigenvalue weighted by Gasteiger charge is -2.36. The molecule has 0 aliphatic carbocycles. The first-order valence-electron chi connectivity index (χ1n) is 21.3. The van der Waals surface area contributed by atoms with Gasteiger partial charge in [-0.15, -0.1) is 0 Å². The van der Waals surface area contributed by atoms with Gasteiger partial charge in [0.2, 0.25) is 0 Å². The molecular formula is C44H62N8O12. The molecule has 10 amide bonds. The van der Waals surface area contributed by atoms with E-state index in [0.717, 1.165) is 9.80 Å². The van der Waals surface area contributed by atoms with Crippen LogP contribution >= 0.6 is 0 Å². The average Bonchev–Trinajstić information content (AvgIpc) is 3.24. The van der Waals surface area contributed by atoms with Gasteiger partial charge in [-0.05, 0) is 60.1 Å². The van der Waals surface area contributed by atoms with E-state index >= 15 is 0 Å². The summed E-state index contributed by atoms with van der Waals surface area (Å²) >= 11 is 0. The fourth-order valence-corrected chi connectivity index (χ4v) is 6.86. The fourth-order valence-electron chi connectivity index (χ4n) is 6.86. The molecule has 2 atom stereocenters. The molecule has 2 aromatic rings. The summed E-state index contributed by atoms with van der Waals surface area (Å²) in [5.41, 5.74) is 0.489. The van der Waals surface area contributed by atoms with Gasteiger partial charge in [0.25, 0.3) is 0 Å². The molecule has 2 aliphatic heterocycles. The van der Waals surface area contributed by atoms with Crippen molar-refractivity contribution in [1.82, 2.24) is 40.9 Å². The van der Waals surface area contributed by atoms with Crippen LogP contribution in [0.5, 0.6) is 11.5 Å². The number of urea groups is 2. The van der Waals surface area contributed by atoms with Crippen LogP contribution in [0.2, 0.25) is 0 Å². The Labute approximate surface area is 373 Å². The Morgan fingerprint density at radius 3 is 1.19 bits per heavy atom. The van der Waals surface area contributed by atoms with E-state index in [0.29, 0.717) is 24.2 Å². The number of carbonyl (C=O) groups is 8. The molecule has 2 heterocycles. The van der Waals surface area contributed by atoms with E-state index in [2.05, 4.69) is 21.3 Å². The number of imide groups is 2. The second kappa shape index (κ2) is 22.9. The van der Waals surface area contributed by atoms with E-state index in [9.17, 15) is 38.4 Å². The third kappa shape index (κ3) is 14.1. The van der Waals surface area contributed by atoms with Crippen molar-refractivity contribution in [3.63, 3.8) is 0 Å². The van der Waals surface area contributed by atoms with Crippen LogP contribution in [0.25, 0.3) is 0 Å². The molecular weight excluding hydrogens is 833 g/mol. The van der Waals surface area contributed by atoms with Gasteiger partial charge in [-0.2, -0.15) is 0 Å². The Balaban J connectivity index is 1.08. The number of ether oxygens (including phenoxy) is 4. The maximum Gasteiger partial charge on any atom is 0.412 e. The third-order valence-corrected chi connectivity index (χ3v) is 10.4. The Morgan fingerprint density at radius 2 is 0.875 bits per heavy atom. The first-order chi connectivity index (χ1) is 30.2. The lowest BCUT2D eigenvalue weighted by atomic mass is 9.82. The number of nitrogens with one attached hydrogen (secondary N) is 4. The summed E-state index contributed by atoms with van der Waals surface area (Å²) in [5, 5.41) is 11.0. The minimum Gasteiger partial charge on any atom is -0.410 e. The summed E-state index contributed by atoms with van der Waals surface area (Å²) < 4.78 is 21.7. The smallest absolute Gasteiger partial charge is 0.410 e. The Kier molecular flexibility index (Phi) is 18.0. The Hall–Kier alpha value is -6.28. The highest BCUT2D eigenvalue weighted by molar-refractivity contribution is 6.38. The third-order valence-electron chi connectivity index (χ3n) is 10.4. The van der Waals surface area contributed by atoms with Crippen molar-refractivity contribution in [2.75, 3.05) is 78.8 Å². The Morgan fingerprint density at radius 1 is 0.531 bits per heavy atom. The molecule has 64 heavy (non-hydrogen) atoms. The van der Waals surface area contributed by atoms with Crippen LogP contribution in [-0.4, -0.2) is 146 Å². The SMILES string of the molecule is CCN1CCN(C(=O)NC(c2ccc(OC(=O)NCCOCCOCCNC(=O)Oc3ccc(C(NC(=O)N4CCN(CC)C(=O)C4=O)C(C)(C)C)cc3)cc2)C(C)(C)C)C(=O)C1=O. The number of amides is 10. The molecule has 2 aromatic carbocycles. The first-order valence-corrected chi connectivity index (χ1v) is 21.3. The van der Waals surface area contributed by atoms with E-state index in [1.807, 2.05) is 41.5 Å². The highest BCUT2D eigenvalue weighted by atomic mass is 16.6. The van der Waals surface area contributed by atoms with Crippen molar-refractivity contribution in [2.45, 2.75) is 67.5 Å². The minimum absolute atomic E-state index is 0.101. The van der Waals surface area contributed by atoms with Crippen molar-refractivity contribution in [3.8, 4) is 11.5 Å². The van der Waals surface area contributed by atoms with Crippen LogP contribution in [-0.2, 0) is 28.7 Å². The van der Waals surface area contributed by atoms with Gasteiger partial charge >= 0.3 is 47.9 Å². The van der Waals surface area contributed by atoms with Crippen LogP contribution < -0.4 is 30.7 Å². The molecule has 350 valence electrons. The predicted molar refractivity (Wildman–Crippen MR) is 232 cm³/mol. The normalized spacial score (nSPS) is 15.7. The molecule has 2 fully saturated rings. The monoisotopic (exact) mass is 894 g/mol. The van der Waals surface area contributed by atoms with Gasteiger partial charge < -0.3 is 50.0 Å². The molecule has 0 bridgehead atoms. The minimum atomic E-state index is -0.864. The van der Waals surface area contributed by atoms with Gasteiger partial charge in [-0.25, -0.2) is 19.2 Å². The summed E-state index contributed by atoms with van der Waals surface area (Å²) in [4.78, 5) is 105. The van der Waals surface area contributed by atoms with E-state index in [1.54, 1.807) is 62.4 Å². The zero-order valence-corrected chi connectivity index (χ0v) is 37.9. The predicted octanol–water partition coefficient (Wildman–Crippen LogP) is 3.57. The molecule has 2 aliphatic rings. The summed E-state index contributed by atoms with van der Waals surface area (Å²) in [7, 11) is 0. The van der Waals surface area contributed by atoms with Crippen molar-refractivity contribution in [1.29, 1.82) is 0 Å². The molecule has 4 rings (SSSR count). The van der Waals surface area contributed by atoms with Crippen LogP contribution in [0.4, 0.5) is 19.2 Å². The lowest BCUT2D eigenvalue weighted by molar-refractivity contribution is -0.153. The quantitative estimate of drug-likeness (QED) is 0.132. The molecule has 0 saturated carbocycles. The largest absolute Gasteiger partial charge is 0.412 e. The van der Waals surface area contributed by atoms with E-state index in [1.165, 1.54) is 9.80 Å². The molecule has 4 N–H and O–H groups in total. The van der Waals surface area contributed by atoms with Gasteiger partial charge in [0.1, 0.15) is 11.5 Å². The molecule has 20 heteroatoms. The maximum atomic E-state index is 13.1. The van der Waals surface area contributed by atoms with Gasteiger partial charge in [-0.1, -0.05) is 65.8 Å². The number of carbonyl (C=O) groups excluding carboxylic acids is 8. The van der Waals surface area contributed by atoms with Crippen molar-refractivity contribution >= 4 is 47.9 Å². The molecule has 0 aromatic heterocycles. The van der Waals surface area contributed by atoms with Crippen LogP contribution in [0.3, 0.4) is 0 Å². The molecule has 2 unspecified atom stereocenters. The van der Waals surface area contributed by atoms with Gasteiger partial charge in [0.15, 0.2) is 0 Å². The van der Waals surface area contributed by atoms with Crippen LogP contribution in [0, 0.1) is 10.8 Å². The summed E-state index contributed by atoms with van der Waals surface area (Å²) in [6.45, 7) is 17.8. The summed E-state index contributed by atoms with van der Waals surface area (Å²) in [6.07, 6.45) is -1.38. The van der Waals surface area contributed by atoms with Crippen LogP contribution in [0.1, 0.15) is 78.6 Å².